The molecular formula is C43H59FN6O12. The van der Waals surface area contributed by atoms with Crippen LogP contribution in [0.25, 0.3) is 0 Å². The Morgan fingerprint density at radius 1 is 1.06 bits per heavy atom. The van der Waals surface area contributed by atoms with E-state index in [0.29, 0.717) is 30.8 Å². The molecule has 2 bridgehead atoms. The molecule has 6 heterocycles. The lowest BCUT2D eigenvalue weighted by Crippen LogP contribution is -2.59. The number of cyclic esters (lactones) is 2. The summed E-state index contributed by atoms with van der Waals surface area (Å²) in [6.07, 6.45) is -3.47. The van der Waals surface area contributed by atoms with Gasteiger partial charge in [0.1, 0.15) is 35.8 Å². The summed E-state index contributed by atoms with van der Waals surface area (Å²) in [5, 5.41) is 23.2. The number of nitrogens with one attached hydrogen (secondary N) is 1. The lowest BCUT2D eigenvalue weighted by molar-refractivity contribution is -0.293. The molecule has 0 unspecified atom stereocenters. The van der Waals surface area contributed by atoms with Crippen LogP contribution in [-0.2, 0) is 55.8 Å². The number of rotatable bonds is 10. The lowest BCUT2D eigenvalue weighted by atomic mass is 9.74. The number of carbonyl (C=O) groups excluding carboxylic acids is 5. The zero-order chi connectivity index (χ0) is 44.8. The Kier molecular flexibility index (Phi) is 13.1. The van der Waals surface area contributed by atoms with Crippen LogP contribution in [0, 0.1) is 29.5 Å². The van der Waals surface area contributed by atoms with Gasteiger partial charge in [-0.1, -0.05) is 32.1 Å². The van der Waals surface area contributed by atoms with E-state index in [9.17, 15) is 33.5 Å². The molecule has 19 heteroatoms. The molecule has 7 rings (SSSR count). The third kappa shape index (κ3) is 8.96. The van der Waals surface area contributed by atoms with Crippen molar-refractivity contribution in [2.45, 2.75) is 141 Å². The average Bonchev–Trinajstić information content (AvgIpc) is 4.02. The van der Waals surface area contributed by atoms with Gasteiger partial charge in [-0.3, -0.25) is 19.3 Å². The number of nitrogens with zero attached hydrogens (tertiary/aromatic N) is 5. The lowest BCUT2D eigenvalue weighted by Gasteiger charge is -2.46. The highest BCUT2D eigenvalue weighted by molar-refractivity contribution is 6.00. The van der Waals surface area contributed by atoms with Gasteiger partial charge >= 0.3 is 18.2 Å². The van der Waals surface area contributed by atoms with Crippen LogP contribution in [0.4, 0.5) is 19.7 Å². The van der Waals surface area contributed by atoms with Crippen molar-refractivity contribution < 1.29 is 61.9 Å². The number of aliphatic hydroxyl groups excluding tert-OH is 1. The van der Waals surface area contributed by atoms with Crippen LogP contribution in [-0.4, -0.2) is 142 Å². The Morgan fingerprint density at radius 2 is 1.82 bits per heavy atom. The van der Waals surface area contributed by atoms with Crippen molar-refractivity contribution in [3.8, 4) is 0 Å². The summed E-state index contributed by atoms with van der Waals surface area (Å²) in [5.41, 5.74) is -1.52. The summed E-state index contributed by atoms with van der Waals surface area (Å²) >= 11 is 0. The Bertz CT molecular complexity index is 2020. The highest BCUT2D eigenvalue weighted by Gasteiger charge is 2.59. The zero-order valence-corrected chi connectivity index (χ0v) is 36.5. The topological polar surface area (TPSA) is 210 Å². The maximum atomic E-state index is 14.2. The van der Waals surface area contributed by atoms with Gasteiger partial charge in [-0.25, -0.2) is 18.7 Å². The first kappa shape index (κ1) is 45.5. The number of amides is 2. The fourth-order valence-corrected chi connectivity index (χ4v) is 9.97. The number of ether oxygens (including phenoxy) is 6. The summed E-state index contributed by atoms with van der Waals surface area (Å²) in [7, 11) is 1.87. The van der Waals surface area contributed by atoms with E-state index < -0.39 is 107 Å². The molecule has 340 valence electrons. The van der Waals surface area contributed by atoms with Crippen molar-refractivity contribution >= 4 is 35.4 Å². The van der Waals surface area contributed by atoms with Gasteiger partial charge in [0.05, 0.1) is 54.9 Å². The largest absolute Gasteiger partial charge is 0.458 e. The van der Waals surface area contributed by atoms with Crippen molar-refractivity contribution in [1.29, 1.82) is 0 Å². The van der Waals surface area contributed by atoms with E-state index in [1.165, 1.54) is 30.0 Å². The molecule has 1 aromatic carbocycles. The number of hydrogen-bond donors (Lipinski definition) is 2. The van der Waals surface area contributed by atoms with E-state index in [-0.39, 0.29) is 44.4 Å². The number of likely N-dealkylation sites (N-methyl/N-ethyl adjacent to an activating group) is 1. The van der Waals surface area contributed by atoms with Crippen molar-refractivity contribution in [1.82, 2.24) is 25.2 Å². The van der Waals surface area contributed by atoms with Crippen LogP contribution in [0.3, 0.4) is 0 Å². The van der Waals surface area contributed by atoms with Gasteiger partial charge < -0.3 is 43.7 Å². The number of aromatic nitrogens is 3. The first-order valence-corrected chi connectivity index (χ1v) is 21.5. The molecule has 0 saturated carbocycles. The fraction of sp³-hybridized carbons (Fsp3) is 0.698. The van der Waals surface area contributed by atoms with E-state index >= 15 is 0 Å². The normalized spacial score (nSPS) is 38.0. The molecule has 14 atom stereocenters. The minimum Gasteiger partial charge on any atom is -0.458 e. The van der Waals surface area contributed by atoms with E-state index in [1.807, 2.05) is 18.9 Å². The molecule has 18 nitrogen and oxygen atoms in total. The number of aliphatic hydroxyl groups is 1. The molecule has 2 aromatic rings. The second-order valence-corrected chi connectivity index (χ2v) is 18.1. The summed E-state index contributed by atoms with van der Waals surface area (Å²) < 4.78 is 51.8. The molecule has 1 aromatic heterocycles. The van der Waals surface area contributed by atoms with Crippen molar-refractivity contribution in [2.75, 3.05) is 31.6 Å². The van der Waals surface area contributed by atoms with Crippen LogP contribution < -0.4 is 10.2 Å². The Labute approximate surface area is 360 Å². The van der Waals surface area contributed by atoms with Gasteiger partial charge in [0.15, 0.2) is 17.7 Å². The van der Waals surface area contributed by atoms with E-state index in [4.69, 9.17) is 28.4 Å². The van der Waals surface area contributed by atoms with Gasteiger partial charge in [-0.05, 0) is 72.2 Å². The summed E-state index contributed by atoms with van der Waals surface area (Å²) in [6, 6.07) is 4.48. The number of esters is 1. The number of halogens is 1. The molecule has 0 radical (unpaired) electrons. The molecule has 5 aliphatic heterocycles. The number of ketones is 2. The van der Waals surface area contributed by atoms with Crippen molar-refractivity contribution in [3.63, 3.8) is 0 Å². The van der Waals surface area contributed by atoms with E-state index in [1.54, 1.807) is 51.6 Å². The standard InChI is InChI=1S/C43H59FN6O12/c1-9-32-43(7)36(45-40(55)62-43)23(3)34(52)26-17-42(6,57-21-26)37(24(4)33(51)25(5)38(54)60-32)61-39-35(53)31(15-22(2)58-39)48(8)14-13-28-18-49(47-46-28)19-30-20-50(41(56)59-30)29-12-10-11-27(44)16-29/h10-12,16,18,22-26,30-32,35-37,39,53H,9,13-15,17,19-21H2,1-8H3,(H,45,55)/t22-,23-,24+,25-,26+,30+,31+,32-,35-,36-,37-,39+,42-,43-/m1/s1. The predicted octanol–water partition coefficient (Wildman–Crippen LogP) is 3.21. The third-order valence-electron chi connectivity index (χ3n) is 13.5. The molecule has 5 aliphatic rings. The fourth-order valence-electron chi connectivity index (χ4n) is 9.97. The van der Waals surface area contributed by atoms with Gasteiger partial charge in [-0.2, -0.15) is 0 Å². The van der Waals surface area contributed by atoms with Gasteiger partial charge in [-0.15, -0.1) is 5.10 Å². The molecule has 5 fully saturated rings. The van der Waals surface area contributed by atoms with E-state index in [0.717, 1.165) is 0 Å². The Morgan fingerprint density at radius 3 is 2.55 bits per heavy atom. The predicted molar refractivity (Wildman–Crippen MR) is 216 cm³/mol. The number of Topliss-reactive ketones (excluding diaryl/α,β-unsaturated/α-hetero) is 2. The summed E-state index contributed by atoms with van der Waals surface area (Å²) in [6.45, 7) is 12.8. The van der Waals surface area contributed by atoms with Crippen molar-refractivity contribution in [2.24, 2.45) is 23.7 Å². The minimum absolute atomic E-state index is 0.0283. The third-order valence-corrected chi connectivity index (χ3v) is 13.5. The minimum atomic E-state index is -1.37. The highest BCUT2D eigenvalue weighted by atomic mass is 19.1. The summed E-state index contributed by atoms with van der Waals surface area (Å²) in [5.74, 6) is -5.51. The van der Waals surface area contributed by atoms with Gasteiger partial charge in [0, 0.05) is 43.0 Å². The summed E-state index contributed by atoms with van der Waals surface area (Å²) in [4.78, 5) is 70.6. The number of alkyl carbamates (subject to hydrolysis) is 1. The van der Waals surface area contributed by atoms with Crippen LogP contribution in [0.2, 0.25) is 0 Å². The van der Waals surface area contributed by atoms with Crippen LogP contribution >= 0.6 is 0 Å². The number of anilines is 1. The second-order valence-electron chi connectivity index (χ2n) is 18.1. The molecular weight excluding hydrogens is 812 g/mol. The van der Waals surface area contributed by atoms with Crippen LogP contribution in [0.5, 0.6) is 0 Å². The smallest absolute Gasteiger partial charge is 0.414 e. The highest BCUT2D eigenvalue weighted by Crippen LogP contribution is 2.43. The van der Waals surface area contributed by atoms with E-state index in [2.05, 4.69) is 15.6 Å². The van der Waals surface area contributed by atoms with Crippen LogP contribution in [0.1, 0.15) is 73.4 Å². The number of benzene rings is 1. The maximum Gasteiger partial charge on any atom is 0.414 e. The van der Waals surface area contributed by atoms with Gasteiger partial charge in [0.2, 0.25) is 0 Å². The Balaban J connectivity index is 1.03. The molecule has 62 heavy (non-hydrogen) atoms. The SMILES string of the molecule is CC[C@H]1OC(=O)[C@H](C)C(=O)[C@H](C)[C@@H](O[C@@H]2O[C@H](C)C[C@H](N(C)CCc3cn(C[C@H]4CN(c5cccc(F)c5)C(=O)O4)nn3)[C@H]2O)[C@@]2(C)C[C@@H](CO2)C(=O)[C@@H](C)[C@H]2NC(=O)O[C@@]21C. The average molecular weight is 871 g/mol. The molecule has 0 spiro atoms. The quantitative estimate of drug-likeness (QED) is 0.200. The number of fused-ring (bicyclic) bond motifs is 3. The second kappa shape index (κ2) is 17.9. The monoisotopic (exact) mass is 870 g/mol. The molecule has 2 N–H and O–H groups in total. The number of carbonyl (C=O) groups is 5. The van der Waals surface area contributed by atoms with Crippen LogP contribution in [0.15, 0.2) is 30.5 Å². The first-order valence-electron chi connectivity index (χ1n) is 21.5. The molecule has 5 saturated heterocycles. The zero-order valence-electron chi connectivity index (χ0n) is 36.5. The molecule has 0 aliphatic carbocycles. The maximum absolute atomic E-state index is 14.2. The number of hydrogen-bond acceptors (Lipinski definition) is 15. The molecule has 2 amide bonds. The van der Waals surface area contributed by atoms with Crippen molar-refractivity contribution in [3.05, 3.63) is 42.0 Å². The Hall–Kier alpha value is -4.56. The first-order chi connectivity index (χ1) is 29.3. The van der Waals surface area contributed by atoms with Gasteiger partial charge in [0.25, 0.3) is 0 Å².